The van der Waals surface area contributed by atoms with Gasteiger partial charge in [0.25, 0.3) is 0 Å². The lowest BCUT2D eigenvalue weighted by atomic mass is 9.97. The van der Waals surface area contributed by atoms with E-state index in [1.165, 1.54) is 0 Å². The molecule has 1 amide bonds. The predicted molar refractivity (Wildman–Crippen MR) is 86.0 cm³/mol. The second-order valence-electron chi connectivity index (χ2n) is 6.26. The fraction of sp³-hybridized carbons (Fsp3) is 0.588. The molecule has 0 spiro atoms. The van der Waals surface area contributed by atoms with E-state index in [1.54, 1.807) is 0 Å². The number of hydrogen-bond acceptors (Lipinski definition) is 4. The fourth-order valence-electron chi connectivity index (χ4n) is 3.12. The van der Waals surface area contributed by atoms with E-state index in [1.807, 2.05) is 36.4 Å². The first-order chi connectivity index (χ1) is 11.2. The number of carbonyl (C=O) groups is 1. The third kappa shape index (κ3) is 3.63. The lowest BCUT2D eigenvalue weighted by Gasteiger charge is -2.32. The van der Waals surface area contributed by atoms with Crippen LogP contribution in [0.4, 0.5) is 0 Å². The van der Waals surface area contributed by atoms with Gasteiger partial charge < -0.3 is 14.0 Å². The number of piperidine rings is 1. The monoisotopic (exact) mass is 316 g/mol. The molecule has 0 unspecified atom stereocenters. The van der Waals surface area contributed by atoms with Crippen molar-refractivity contribution in [3.63, 3.8) is 0 Å². The molecule has 2 aromatic heterocycles. The molecule has 0 N–H and O–H groups in total. The van der Waals surface area contributed by atoms with Crippen molar-refractivity contribution in [2.45, 2.75) is 51.5 Å². The number of hydrogen-bond donors (Lipinski definition) is 0. The largest absolute Gasteiger partial charge is 0.351 e. The summed E-state index contributed by atoms with van der Waals surface area (Å²) in [7, 11) is 0. The SMILES string of the molecule is CCc1nc([C@H]2CCCN(C(=O)C[C@@H](C)n3cccc3)C2)no1. The molecule has 2 atom stereocenters. The van der Waals surface area contributed by atoms with Crippen molar-refractivity contribution in [2.75, 3.05) is 13.1 Å². The van der Waals surface area contributed by atoms with Crippen LogP contribution in [0, 0.1) is 0 Å². The van der Waals surface area contributed by atoms with Crippen LogP contribution in [0.2, 0.25) is 0 Å². The van der Waals surface area contributed by atoms with E-state index in [2.05, 4.69) is 21.6 Å². The molecule has 23 heavy (non-hydrogen) atoms. The smallest absolute Gasteiger partial charge is 0.226 e. The summed E-state index contributed by atoms with van der Waals surface area (Å²) < 4.78 is 7.28. The van der Waals surface area contributed by atoms with Gasteiger partial charge >= 0.3 is 0 Å². The Morgan fingerprint density at radius 2 is 2.22 bits per heavy atom. The summed E-state index contributed by atoms with van der Waals surface area (Å²) >= 11 is 0. The average molecular weight is 316 g/mol. The fourth-order valence-corrected chi connectivity index (χ4v) is 3.12. The molecule has 0 saturated carbocycles. The number of aryl methyl sites for hydroxylation is 1. The number of aromatic nitrogens is 3. The summed E-state index contributed by atoms with van der Waals surface area (Å²) in [5.41, 5.74) is 0. The minimum atomic E-state index is 0.176. The minimum Gasteiger partial charge on any atom is -0.351 e. The quantitative estimate of drug-likeness (QED) is 0.851. The molecule has 0 bridgehead atoms. The average Bonchev–Trinajstić information content (AvgIpc) is 3.26. The topological polar surface area (TPSA) is 64.2 Å². The maximum absolute atomic E-state index is 12.6. The van der Waals surface area contributed by atoms with Gasteiger partial charge in [-0.05, 0) is 31.9 Å². The highest BCUT2D eigenvalue weighted by molar-refractivity contribution is 5.76. The van der Waals surface area contributed by atoms with Crippen molar-refractivity contribution in [1.29, 1.82) is 0 Å². The van der Waals surface area contributed by atoms with Gasteiger partial charge in [0.15, 0.2) is 5.82 Å². The molecule has 0 aliphatic carbocycles. The zero-order valence-corrected chi connectivity index (χ0v) is 13.8. The molecule has 2 aromatic rings. The van der Waals surface area contributed by atoms with Gasteiger partial charge in [-0.1, -0.05) is 12.1 Å². The van der Waals surface area contributed by atoms with Crippen LogP contribution < -0.4 is 0 Å². The number of nitrogens with zero attached hydrogens (tertiary/aromatic N) is 4. The van der Waals surface area contributed by atoms with E-state index in [0.717, 1.165) is 31.6 Å². The molecule has 3 rings (SSSR count). The Morgan fingerprint density at radius 1 is 1.43 bits per heavy atom. The Hall–Kier alpha value is -2.11. The standard InChI is InChI=1S/C17H24N4O2/c1-3-15-18-17(19-23-15)14-7-6-10-21(12-14)16(22)11-13(2)20-8-4-5-9-20/h4-5,8-9,13-14H,3,6-7,10-12H2,1-2H3/t13-,14+/m1/s1. The van der Waals surface area contributed by atoms with E-state index >= 15 is 0 Å². The van der Waals surface area contributed by atoms with Gasteiger partial charge in [0.2, 0.25) is 11.8 Å². The maximum Gasteiger partial charge on any atom is 0.226 e. The molecule has 6 nitrogen and oxygen atoms in total. The molecule has 6 heteroatoms. The van der Waals surface area contributed by atoms with Crippen LogP contribution >= 0.6 is 0 Å². The van der Waals surface area contributed by atoms with Gasteiger partial charge in [0, 0.05) is 50.3 Å². The Bertz CT molecular complexity index is 635. The Kier molecular flexibility index (Phi) is 4.79. The second-order valence-corrected chi connectivity index (χ2v) is 6.26. The summed E-state index contributed by atoms with van der Waals surface area (Å²) in [6, 6.07) is 4.15. The minimum absolute atomic E-state index is 0.176. The molecule has 124 valence electrons. The van der Waals surface area contributed by atoms with Crippen molar-refractivity contribution in [3.8, 4) is 0 Å². The summed E-state index contributed by atoms with van der Waals surface area (Å²) in [4.78, 5) is 19.0. The van der Waals surface area contributed by atoms with Gasteiger partial charge in [0.05, 0.1) is 0 Å². The summed E-state index contributed by atoms with van der Waals surface area (Å²) in [6.45, 7) is 5.59. The third-order valence-electron chi connectivity index (χ3n) is 4.53. The second kappa shape index (κ2) is 6.98. The van der Waals surface area contributed by atoms with Crippen LogP contribution in [0.3, 0.4) is 0 Å². The molecule has 1 fully saturated rings. The molecule has 3 heterocycles. The van der Waals surface area contributed by atoms with Crippen molar-refractivity contribution in [1.82, 2.24) is 19.6 Å². The summed E-state index contributed by atoms with van der Waals surface area (Å²) in [5, 5.41) is 4.08. The van der Waals surface area contributed by atoms with Crippen molar-refractivity contribution in [3.05, 3.63) is 36.2 Å². The molecule has 0 aromatic carbocycles. The first kappa shape index (κ1) is 15.8. The highest BCUT2D eigenvalue weighted by Crippen LogP contribution is 2.26. The molecular formula is C17H24N4O2. The molecule has 1 aliphatic heterocycles. The highest BCUT2D eigenvalue weighted by Gasteiger charge is 2.28. The van der Waals surface area contributed by atoms with E-state index in [0.29, 0.717) is 18.9 Å². The number of carbonyl (C=O) groups excluding carboxylic acids is 1. The van der Waals surface area contributed by atoms with E-state index in [-0.39, 0.29) is 17.9 Å². The predicted octanol–water partition coefficient (Wildman–Crippen LogP) is 2.79. The van der Waals surface area contributed by atoms with Crippen LogP contribution in [0.1, 0.15) is 56.8 Å². The van der Waals surface area contributed by atoms with Crippen molar-refractivity contribution in [2.24, 2.45) is 0 Å². The van der Waals surface area contributed by atoms with Gasteiger partial charge in [-0.3, -0.25) is 4.79 Å². The lowest BCUT2D eigenvalue weighted by molar-refractivity contribution is -0.133. The Balaban J connectivity index is 1.60. The third-order valence-corrected chi connectivity index (χ3v) is 4.53. The Labute approximate surface area is 136 Å². The lowest BCUT2D eigenvalue weighted by Crippen LogP contribution is -2.40. The van der Waals surface area contributed by atoms with Crippen LogP contribution in [-0.4, -0.2) is 38.6 Å². The van der Waals surface area contributed by atoms with E-state index in [4.69, 9.17) is 4.52 Å². The molecule has 0 radical (unpaired) electrons. The zero-order chi connectivity index (χ0) is 16.2. The van der Waals surface area contributed by atoms with Crippen LogP contribution in [0.15, 0.2) is 29.0 Å². The van der Waals surface area contributed by atoms with Crippen LogP contribution in [0.25, 0.3) is 0 Å². The van der Waals surface area contributed by atoms with E-state index < -0.39 is 0 Å². The number of rotatable bonds is 5. The van der Waals surface area contributed by atoms with Gasteiger partial charge in [0.1, 0.15) is 0 Å². The van der Waals surface area contributed by atoms with Gasteiger partial charge in [-0.2, -0.15) is 4.98 Å². The zero-order valence-electron chi connectivity index (χ0n) is 13.8. The van der Waals surface area contributed by atoms with Crippen LogP contribution in [0.5, 0.6) is 0 Å². The molecule has 1 aliphatic rings. The summed E-state index contributed by atoms with van der Waals surface area (Å²) in [6.07, 6.45) is 7.28. The highest BCUT2D eigenvalue weighted by atomic mass is 16.5. The Morgan fingerprint density at radius 3 is 2.91 bits per heavy atom. The van der Waals surface area contributed by atoms with Crippen LogP contribution in [-0.2, 0) is 11.2 Å². The number of amides is 1. The first-order valence-corrected chi connectivity index (χ1v) is 8.40. The van der Waals surface area contributed by atoms with E-state index in [9.17, 15) is 4.79 Å². The maximum atomic E-state index is 12.6. The van der Waals surface area contributed by atoms with Gasteiger partial charge in [-0.15, -0.1) is 0 Å². The van der Waals surface area contributed by atoms with Gasteiger partial charge in [-0.25, -0.2) is 0 Å². The first-order valence-electron chi connectivity index (χ1n) is 8.40. The van der Waals surface area contributed by atoms with Crippen molar-refractivity contribution < 1.29 is 9.32 Å². The van der Waals surface area contributed by atoms with Crippen molar-refractivity contribution >= 4 is 5.91 Å². The normalized spacial score (nSPS) is 19.7. The molecular weight excluding hydrogens is 292 g/mol. The summed E-state index contributed by atoms with van der Waals surface area (Å²) in [5.74, 6) is 1.82. The number of likely N-dealkylation sites (tertiary alicyclic amines) is 1. The molecule has 1 saturated heterocycles.